The van der Waals surface area contributed by atoms with E-state index in [1.54, 1.807) is 13.1 Å². The van der Waals surface area contributed by atoms with Gasteiger partial charge in [-0.3, -0.25) is 4.79 Å². The Hall–Kier alpha value is -1.33. The van der Waals surface area contributed by atoms with Crippen molar-refractivity contribution in [1.82, 2.24) is 0 Å². The van der Waals surface area contributed by atoms with Crippen LogP contribution in [0, 0.1) is 52.2 Å². The first-order chi connectivity index (χ1) is 16.6. The van der Waals surface area contributed by atoms with Gasteiger partial charge < -0.3 is 10.3 Å². The summed E-state index contributed by atoms with van der Waals surface area (Å²) in [6, 6.07) is 3.17. The fraction of sp³-hybridized carbons (Fsp3) is 0.759. The average Bonchev–Trinajstić information content (AvgIpc) is 3.18. The number of anilines is 2. The molecule has 6 heteroatoms. The molecule has 0 amide bonds. The number of nitrogens with zero attached hydrogens (tertiary/aromatic N) is 1. The van der Waals surface area contributed by atoms with Crippen molar-refractivity contribution in [2.75, 3.05) is 23.9 Å². The standard InChI is InChI=1S/C29H43ClFN3O/c1-17-11-13-28(2)18(15-17)5-6-19-20-7-8-22(29(20,3)14-12-21(19)28)25(35)16-34(32)24-10-9-23(30)26(31)27(24)33-4/h9-10,17-22,33H,5-8,11-16,32H2,1-4H3/t17-,18?,19-,20?,21?,22+,28-,29-/m0/s1. The summed E-state index contributed by atoms with van der Waals surface area (Å²) >= 11 is 5.95. The Morgan fingerprint density at radius 3 is 2.57 bits per heavy atom. The highest BCUT2D eigenvalue weighted by molar-refractivity contribution is 6.31. The third kappa shape index (κ3) is 4.00. The molecule has 0 aliphatic heterocycles. The number of rotatable bonds is 5. The number of carbonyl (C=O) groups is 1. The summed E-state index contributed by atoms with van der Waals surface area (Å²) in [5.74, 6) is 10.0. The van der Waals surface area contributed by atoms with Crippen molar-refractivity contribution in [1.29, 1.82) is 0 Å². The summed E-state index contributed by atoms with van der Waals surface area (Å²) in [6.45, 7) is 7.53. The molecule has 4 nitrogen and oxygen atoms in total. The van der Waals surface area contributed by atoms with Crippen molar-refractivity contribution < 1.29 is 9.18 Å². The molecular formula is C29H43ClFN3O. The molecule has 0 heterocycles. The van der Waals surface area contributed by atoms with Gasteiger partial charge in [-0.1, -0.05) is 38.8 Å². The Labute approximate surface area is 215 Å². The number of hydrogen-bond acceptors (Lipinski definition) is 4. The predicted octanol–water partition coefficient (Wildman–Crippen LogP) is 7.07. The molecule has 0 spiro atoms. The quantitative estimate of drug-likeness (QED) is 0.333. The van der Waals surface area contributed by atoms with Crippen molar-refractivity contribution in [3.05, 3.63) is 23.0 Å². The summed E-state index contributed by atoms with van der Waals surface area (Å²) in [4.78, 5) is 13.7. The van der Waals surface area contributed by atoms with Crippen molar-refractivity contribution >= 4 is 28.8 Å². The number of halogens is 2. The zero-order chi connectivity index (χ0) is 25.1. The van der Waals surface area contributed by atoms with Gasteiger partial charge in [0.05, 0.1) is 22.9 Å². The van der Waals surface area contributed by atoms with Crippen LogP contribution in [0.2, 0.25) is 5.02 Å². The number of fused-ring (bicyclic) bond motifs is 5. The lowest BCUT2D eigenvalue weighted by Crippen LogP contribution is -2.54. The van der Waals surface area contributed by atoms with E-state index in [0.29, 0.717) is 17.0 Å². The summed E-state index contributed by atoms with van der Waals surface area (Å²) in [6.07, 6.45) is 11.4. The monoisotopic (exact) mass is 503 g/mol. The van der Waals surface area contributed by atoms with Crippen LogP contribution in [0.1, 0.15) is 78.6 Å². The van der Waals surface area contributed by atoms with Gasteiger partial charge in [0, 0.05) is 13.0 Å². The third-order valence-corrected chi connectivity index (χ3v) is 11.6. The Balaban J connectivity index is 1.32. The molecule has 0 aromatic heterocycles. The van der Waals surface area contributed by atoms with E-state index in [4.69, 9.17) is 17.4 Å². The van der Waals surface area contributed by atoms with Crippen molar-refractivity contribution in [3.8, 4) is 0 Å². The minimum Gasteiger partial charge on any atom is -0.384 e. The first kappa shape index (κ1) is 25.3. The fourth-order valence-electron chi connectivity index (χ4n) is 9.38. The molecule has 4 saturated carbocycles. The van der Waals surface area contributed by atoms with Crippen LogP contribution >= 0.6 is 11.6 Å². The first-order valence-electron chi connectivity index (χ1n) is 13.8. The van der Waals surface area contributed by atoms with E-state index in [-0.39, 0.29) is 34.4 Å². The fourth-order valence-corrected chi connectivity index (χ4v) is 9.54. The van der Waals surface area contributed by atoms with Gasteiger partial charge in [-0.25, -0.2) is 10.2 Å². The van der Waals surface area contributed by atoms with Gasteiger partial charge in [-0.05, 0) is 104 Å². The SMILES string of the molecule is CNc1c(N(N)CC(=O)[C@H]2CCC3[C@@H]4CCC5C[C@@H](C)CC[C@]5(C)C4CC[C@@]32C)ccc(Cl)c1F. The van der Waals surface area contributed by atoms with Gasteiger partial charge in [-0.15, -0.1) is 0 Å². The van der Waals surface area contributed by atoms with Gasteiger partial charge in [0.1, 0.15) is 0 Å². The minimum atomic E-state index is -0.540. The molecule has 1 aromatic carbocycles. The number of hydrazine groups is 1. The average molecular weight is 504 g/mol. The predicted molar refractivity (Wildman–Crippen MR) is 142 cm³/mol. The van der Waals surface area contributed by atoms with Crippen molar-refractivity contribution in [2.24, 2.45) is 52.2 Å². The summed E-state index contributed by atoms with van der Waals surface area (Å²) < 4.78 is 14.5. The Morgan fingerprint density at radius 1 is 1.11 bits per heavy atom. The van der Waals surface area contributed by atoms with Crippen LogP contribution in [0.15, 0.2) is 12.1 Å². The number of ketones is 1. The first-order valence-corrected chi connectivity index (χ1v) is 14.2. The second kappa shape index (κ2) is 9.20. The maximum atomic E-state index is 14.5. The number of benzene rings is 1. The minimum absolute atomic E-state index is 0.0339. The molecule has 5 rings (SSSR count). The molecule has 3 N–H and O–H groups in total. The van der Waals surface area contributed by atoms with E-state index < -0.39 is 5.82 Å². The Bertz CT molecular complexity index is 987. The van der Waals surface area contributed by atoms with Gasteiger partial charge in [0.2, 0.25) is 0 Å². The maximum absolute atomic E-state index is 14.5. The molecule has 4 aliphatic carbocycles. The summed E-state index contributed by atoms with van der Waals surface area (Å²) in [7, 11) is 1.64. The Kier molecular flexibility index (Phi) is 6.66. The van der Waals surface area contributed by atoms with E-state index in [9.17, 15) is 9.18 Å². The molecule has 0 bridgehead atoms. The second-order valence-electron chi connectivity index (χ2n) is 12.8. The number of nitrogens with one attached hydrogen (secondary N) is 1. The smallest absolute Gasteiger partial charge is 0.167 e. The van der Waals surface area contributed by atoms with Gasteiger partial charge in [0.15, 0.2) is 11.6 Å². The second-order valence-corrected chi connectivity index (χ2v) is 13.2. The highest BCUT2D eigenvalue weighted by Crippen LogP contribution is 2.67. The van der Waals surface area contributed by atoms with Crippen LogP contribution in [0.5, 0.6) is 0 Å². The van der Waals surface area contributed by atoms with Crippen molar-refractivity contribution in [2.45, 2.75) is 78.6 Å². The van der Waals surface area contributed by atoms with Gasteiger partial charge >= 0.3 is 0 Å². The highest BCUT2D eigenvalue weighted by atomic mass is 35.5. The number of hydrogen-bond donors (Lipinski definition) is 2. The Morgan fingerprint density at radius 2 is 1.83 bits per heavy atom. The molecular weight excluding hydrogens is 461 g/mol. The lowest BCUT2D eigenvalue weighted by Gasteiger charge is -2.61. The maximum Gasteiger partial charge on any atom is 0.167 e. The van der Waals surface area contributed by atoms with E-state index in [1.165, 1.54) is 49.6 Å². The lowest BCUT2D eigenvalue weighted by molar-refractivity contribution is -0.135. The van der Waals surface area contributed by atoms with Crippen LogP contribution in [0.3, 0.4) is 0 Å². The van der Waals surface area contributed by atoms with E-state index in [0.717, 1.165) is 42.9 Å². The zero-order valence-corrected chi connectivity index (χ0v) is 22.6. The van der Waals surface area contributed by atoms with Gasteiger partial charge in [0.25, 0.3) is 0 Å². The van der Waals surface area contributed by atoms with E-state index >= 15 is 0 Å². The number of nitrogens with two attached hydrogens (primary N) is 1. The van der Waals surface area contributed by atoms with E-state index in [1.807, 2.05) is 0 Å². The van der Waals surface area contributed by atoms with Crippen LogP contribution in [0.25, 0.3) is 0 Å². The number of Topliss-reactive ketones (excluding diaryl/α,β-unsaturated/α-hetero) is 1. The van der Waals surface area contributed by atoms with Crippen LogP contribution in [0.4, 0.5) is 15.8 Å². The van der Waals surface area contributed by atoms with E-state index in [2.05, 4.69) is 26.1 Å². The van der Waals surface area contributed by atoms with Crippen LogP contribution < -0.4 is 16.2 Å². The highest BCUT2D eigenvalue weighted by Gasteiger charge is 2.61. The molecule has 1 aromatic rings. The third-order valence-electron chi connectivity index (χ3n) is 11.3. The van der Waals surface area contributed by atoms with Crippen molar-refractivity contribution in [3.63, 3.8) is 0 Å². The largest absolute Gasteiger partial charge is 0.384 e. The molecule has 8 atom stereocenters. The molecule has 0 saturated heterocycles. The zero-order valence-electron chi connectivity index (χ0n) is 21.9. The molecule has 4 fully saturated rings. The molecule has 4 aliphatic rings. The lowest BCUT2D eigenvalue weighted by atomic mass is 9.44. The number of carbonyl (C=O) groups excluding carboxylic acids is 1. The molecule has 0 radical (unpaired) electrons. The van der Waals surface area contributed by atoms with Crippen LogP contribution in [-0.2, 0) is 4.79 Å². The van der Waals surface area contributed by atoms with Gasteiger partial charge in [-0.2, -0.15) is 0 Å². The molecule has 3 unspecified atom stereocenters. The summed E-state index contributed by atoms with van der Waals surface area (Å²) in [5.41, 5.74) is 1.25. The topological polar surface area (TPSA) is 58.4 Å². The summed E-state index contributed by atoms with van der Waals surface area (Å²) in [5, 5.41) is 4.28. The molecule has 35 heavy (non-hydrogen) atoms. The normalized spacial score (nSPS) is 40.4. The van der Waals surface area contributed by atoms with Crippen LogP contribution in [-0.4, -0.2) is 19.4 Å². The molecule has 194 valence electrons.